The highest BCUT2D eigenvalue weighted by atomic mass is 32.2. The van der Waals surface area contributed by atoms with Gasteiger partial charge in [-0.05, 0) is 48.9 Å². The van der Waals surface area contributed by atoms with Crippen LogP contribution in [0.3, 0.4) is 0 Å². The van der Waals surface area contributed by atoms with Crippen molar-refractivity contribution < 1.29 is 17.9 Å². The lowest BCUT2D eigenvalue weighted by molar-refractivity contribution is -0.116. The largest absolute Gasteiger partial charge is 0.379 e. The minimum Gasteiger partial charge on any atom is -0.379 e. The van der Waals surface area contributed by atoms with Gasteiger partial charge in [0.2, 0.25) is 15.9 Å². The van der Waals surface area contributed by atoms with Crippen LogP contribution in [0, 0.1) is 6.92 Å². The number of thioether (sulfide) groups is 1. The molecule has 1 heterocycles. The first-order chi connectivity index (χ1) is 14.0. The molecule has 1 aliphatic heterocycles. The van der Waals surface area contributed by atoms with Gasteiger partial charge in [0.25, 0.3) is 0 Å². The van der Waals surface area contributed by atoms with Gasteiger partial charge in [0.1, 0.15) is 0 Å². The molecule has 0 aromatic heterocycles. The quantitative estimate of drug-likeness (QED) is 0.508. The lowest BCUT2D eigenvalue weighted by Crippen LogP contribution is -2.40. The normalized spacial score (nSPS) is 15.2. The van der Waals surface area contributed by atoms with Crippen LogP contribution in [0.25, 0.3) is 0 Å². The fourth-order valence-electron chi connectivity index (χ4n) is 2.98. The number of hydrogen-bond donors (Lipinski definition) is 1. The molecule has 2 aromatic carbocycles. The maximum absolute atomic E-state index is 12.8. The smallest absolute Gasteiger partial charge is 0.243 e. The van der Waals surface area contributed by atoms with Gasteiger partial charge in [-0.15, -0.1) is 11.8 Å². The first-order valence-electron chi connectivity index (χ1n) is 9.63. The number of nitrogens with one attached hydrogen (secondary N) is 1. The second-order valence-corrected chi connectivity index (χ2v) is 9.91. The minimum absolute atomic E-state index is 0.109. The van der Waals surface area contributed by atoms with Gasteiger partial charge in [0.05, 0.1) is 18.1 Å². The lowest BCUT2D eigenvalue weighted by atomic mass is 10.2. The van der Waals surface area contributed by atoms with Gasteiger partial charge in [-0.25, -0.2) is 8.42 Å². The molecular weight excluding hydrogens is 408 g/mol. The summed E-state index contributed by atoms with van der Waals surface area (Å²) in [5.41, 5.74) is 1.37. The van der Waals surface area contributed by atoms with Crippen molar-refractivity contribution in [2.24, 2.45) is 0 Å². The number of anilines is 1. The molecule has 1 fully saturated rings. The molecule has 0 spiro atoms. The number of morpholine rings is 1. The second-order valence-electron chi connectivity index (χ2n) is 6.81. The lowest BCUT2D eigenvalue weighted by Gasteiger charge is -2.26. The Balaban J connectivity index is 1.57. The zero-order valence-electron chi connectivity index (χ0n) is 16.5. The van der Waals surface area contributed by atoms with E-state index in [1.54, 1.807) is 30.0 Å². The van der Waals surface area contributed by atoms with Crippen molar-refractivity contribution in [1.29, 1.82) is 0 Å². The predicted molar refractivity (Wildman–Crippen MR) is 116 cm³/mol. The maximum Gasteiger partial charge on any atom is 0.243 e. The van der Waals surface area contributed by atoms with Crippen molar-refractivity contribution in [3.8, 4) is 0 Å². The third-order valence-corrected chi connectivity index (χ3v) is 7.64. The van der Waals surface area contributed by atoms with E-state index in [2.05, 4.69) is 17.4 Å². The van der Waals surface area contributed by atoms with Crippen molar-refractivity contribution in [3.05, 3.63) is 54.1 Å². The van der Waals surface area contributed by atoms with Gasteiger partial charge in [-0.2, -0.15) is 4.31 Å². The molecule has 1 amide bonds. The number of amides is 1. The number of carbonyl (C=O) groups excluding carboxylic acids is 1. The van der Waals surface area contributed by atoms with Gasteiger partial charge in [0.15, 0.2) is 0 Å². The summed E-state index contributed by atoms with van der Waals surface area (Å²) in [6, 6.07) is 14.9. The fourth-order valence-corrected chi connectivity index (χ4v) is 5.29. The van der Waals surface area contributed by atoms with Crippen molar-refractivity contribution in [1.82, 2.24) is 4.31 Å². The highest BCUT2D eigenvalue weighted by Gasteiger charge is 2.26. The van der Waals surface area contributed by atoms with Crippen LogP contribution in [-0.4, -0.2) is 50.7 Å². The molecule has 0 unspecified atom stereocenters. The summed E-state index contributed by atoms with van der Waals surface area (Å²) >= 11 is 1.72. The van der Waals surface area contributed by atoms with E-state index in [1.807, 2.05) is 25.1 Å². The monoisotopic (exact) mass is 434 g/mol. The van der Waals surface area contributed by atoms with Crippen molar-refractivity contribution >= 4 is 33.4 Å². The number of aryl methyl sites for hydroxylation is 1. The molecule has 0 aliphatic carbocycles. The maximum atomic E-state index is 12.8. The minimum atomic E-state index is -3.59. The molecule has 3 rings (SSSR count). The number of ether oxygens (including phenoxy) is 1. The van der Waals surface area contributed by atoms with Gasteiger partial charge < -0.3 is 10.1 Å². The summed E-state index contributed by atoms with van der Waals surface area (Å²) in [6.07, 6.45) is 1.13. The van der Waals surface area contributed by atoms with E-state index in [0.717, 1.165) is 17.7 Å². The molecular formula is C21H26N2O4S2. The molecule has 0 bridgehead atoms. The number of nitrogens with zero attached hydrogens (tertiary/aromatic N) is 1. The van der Waals surface area contributed by atoms with Crippen LogP contribution < -0.4 is 5.32 Å². The van der Waals surface area contributed by atoms with Crippen LogP contribution in [0.4, 0.5) is 5.69 Å². The average molecular weight is 435 g/mol. The highest BCUT2D eigenvalue weighted by Crippen LogP contribution is 2.24. The Morgan fingerprint density at radius 1 is 1.14 bits per heavy atom. The van der Waals surface area contributed by atoms with Crippen LogP contribution in [-0.2, 0) is 19.6 Å². The van der Waals surface area contributed by atoms with E-state index in [1.165, 1.54) is 9.20 Å². The molecule has 29 heavy (non-hydrogen) atoms. The molecule has 1 N–H and O–H groups in total. The summed E-state index contributed by atoms with van der Waals surface area (Å²) in [7, 11) is -3.59. The van der Waals surface area contributed by atoms with Crippen molar-refractivity contribution in [2.75, 3.05) is 37.4 Å². The Kier molecular flexibility index (Phi) is 7.71. The molecule has 0 saturated carbocycles. The van der Waals surface area contributed by atoms with E-state index in [0.29, 0.717) is 38.4 Å². The molecule has 1 saturated heterocycles. The summed E-state index contributed by atoms with van der Waals surface area (Å²) in [5, 5.41) is 2.87. The molecule has 8 heteroatoms. The average Bonchev–Trinajstić information content (AvgIpc) is 2.74. The van der Waals surface area contributed by atoms with E-state index < -0.39 is 10.0 Å². The van der Waals surface area contributed by atoms with Crippen LogP contribution in [0.2, 0.25) is 0 Å². The number of carbonyl (C=O) groups is 1. The van der Waals surface area contributed by atoms with Gasteiger partial charge in [-0.3, -0.25) is 4.79 Å². The number of rotatable bonds is 8. The van der Waals surface area contributed by atoms with Gasteiger partial charge in [-0.1, -0.05) is 24.3 Å². The van der Waals surface area contributed by atoms with Gasteiger partial charge >= 0.3 is 0 Å². The van der Waals surface area contributed by atoms with Crippen LogP contribution in [0.15, 0.2) is 58.3 Å². The van der Waals surface area contributed by atoms with E-state index in [9.17, 15) is 13.2 Å². The standard InChI is InChI=1S/C21H26N2O4S2/c1-17-9-10-19(29(25,26)23-11-13-27-14-12-23)16-20(17)22-21(24)8-5-15-28-18-6-3-2-4-7-18/h2-4,6-7,9-10,16H,5,8,11-15H2,1H3,(H,22,24). The third kappa shape index (κ3) is 6.05. The second kappa shape index (κ2) is 10.2. The van der Waals surface area contributed by atoms with Crippen LogP contribution >= 0.6 is 11.8 Å². The van der Waals surface area contributed by atoms with Crippen molar-refractivity contribution in [3.63, 3.8) is 0 Å². The number of benzene rings is 2. The molecule has 0 radical (unpaired) electrons. The summed E-state index contributed by atoms with van der Waals surface area (Å²) in [4.78, 5) is 13.7. The fraction of sp³-hybridized carbons (Fsp3) is 0.381. The van der Waals surface area contributed by atoms with E-state index >= 15 is 0 Å². The van der Waals surface area contributed by atoms with Crippen LogP contribution in [0.5, 0.6) is 0 Å². The molecule has 1 aliphatic rings. The number of hydrogen-bond acceptors (Lipinski definition) is 5. The zero-order valence-corrected chi connectivity index (χ0v) is 18.1. The summed E-state index contributed by atoms with van der Waals surface area (Å²) < 4.78 is 32.3. The van der Waals surface area contributed by atoms with Crippen molar-refractivity contribution in [2.45, 2.75) is 29.6 Å². The predicted octanol–water partition coefficient (Wildman–Crippen LogP) is 3.53. The molecule has 156 valence electrons. The Bertz CT molecular complexity index is 927. The van der Waals surface area contributed by atoms with Gasteiger partial charge in [0, 0.05) is 30.1 Å². The summed E-state index contributed by atoms with van der Waals surface area (Å²) in [5.74, 6) is 0.740. The Morgan fingerprint density at radius 3 is 2.59 bits per heavy atom. The Labute approximate surface area is 176 Å². The summed E-state index contributed by atoms with van der Waals surface area (Å²) in [6.45, 7) is 3.34. The van der Waals surface area contributed by atoms with Crippen LogP contribution in [0.1, 0.15) is 18.4 Å². The first kappa shape index (κ1) is 21.8. The molecule has 6 nitrogen and oxygen atoms in total. The molecule has 2 aromatic rings. The Hall–Kier alpha value is -1.87. The first-order valence-corrected chi connectivity index (χ1v) is 12.1. The van der Waals surface area contributed by atoms with E-state index in [4.69, 9.17) is 4.74 Å². The SMILES string of the molecule is Cc1ccc(S(=O)(=O)N2CCOCC2)cc1NC(=O)CCCSc1ccccc1. The third-order valence-electron chi connectivity index (χ3n) is 4.65. The zero-order chi connectivity index (χ0) is 20.7. The highest BCUT2D eigenvalue weighted by molar-refractivity contribution is 7.99. The van der Waals surface area contributed by atoms with E-state index in [-0.39, 0.29) is 10.8 Å². The number of sulfonamides is 1. The Morgan fingerprint density at radius 2 is 1.86 bits per heavy atom. The molecule has 0 atom stereocenters. The topological polar surface area (TPSA) is 75.7 Å².